The highest BCUT2D eigenvalue weighted by Gasteiger charge is 2.14. The summed E-state index contributed by atoms with van der Waals surface area (Å²) in [6.45, 7) is 3.94. The number of nitrogens with one attached hydrogen (secondary N) is 1. The molecule has 4 heterocycles. The second kappa shape index (κ2) is 7.61. The first kappa shape index (κ1) is 18.5. The van der Waals surface area contributed by atoms with Gasteiger partial charge in [-0.15, -0.1) is 12.4 Å². The largest absolute Gasteiger partial charge is 0.422 e. The molecule has 4 aromatic rings. The lowest BCUT2D eigenvalue weighted by molar-refractivity contribution is 0.563. The van der Waals surface area contributed by atoms with Crippen molar-refractivity contribution >= 4 is 34.8 Å². The van der Waals surface area contributed by atoms with Crippen molar-refractivity contribution in [1.29, 1.82) is 0 Å². The van der Waals surface area contributed by atoms with E-state index in [1.165, 1.54) is 0 Å². The first-order valence-electron chi connectivity index (χ1n) is 9.12. The minimum Gasteiger partial charge on any atom is -0.422 e. The maximum atomic E-state index is 12.6. The number of anilines is 1. The SMILES string of the molecule is Cl.O=c1oc2cc(N3CCCNCC3)ccc2cc1-c1cn2cccnc2n1. The van der Waals surface area contributed by atoms with E-state index < -0.39 is 0 Å². The molecule has 0 unspecified atom stereocenters. The van der Waals surface area contributed by atoms with Crippen molar-refractivity contribution in [2.75, 3.05) is 31.1 Å². The maximum absolute atomic E-state index is 12.6. The van der Waals surface area contributed by atoms with Crippen LogP contribution in [0.25, 0.3) is 28.0 Å². The molecule has 1 aromatic carbocycles. The Morgan fingerprint density at radius 3 is 2.96 bits per heavy atom. The zero-order chi connectivity index (χ0) is 18.2. The Hall–Kier alpha value is -2.90. The second-order valence-electron chi connectivity index (χ2n) is 6.71. The van der Waals surface area contributed by atoms with Crippen molar-refractivity contribution in [1.82, 2.24) is 19.7 Å². The molecule has 28 heavy (non-hydrogen) atoms. The van der Waals surface area contributed by atoms with Crippen LogP contribution in [0.3, 0.4) is 0 Å². The average Bonchev–Trinajstić information content (AvgIpc) is 2.92. The number of imidazole rings is 1. The van der Waals surface area contributed by atoms with Gasteiger partial charge in [-0.3, -0.25) is 4.40 Å². The Morgan fingerprint density at radius 1 is 1.14 bits per heavy atom. The maximum Gasteiger partial charge on any atom is 0.345 e. The number of benzene rings is 1. The highest BCUT2D eigenvalue weighted by Crippen LogP contribution is 2.25. The van der Waals surface area contributed by atoms with Crippen molar-refractivity contribution in [2.24, 2.45) is 0 Å². The van der Waals surface area contributed by atoms with Crippen molar-refractivity contribution in [3.05, 3.63) is 59.3 Å². The molecule has 0 bridgehead atoms. The Balaban J connectivity index is 0.00000192. The Labute approximate surface area is 167 Å². The molecular formula is C20H20ClN5O2. The van der Waals surface area contributed by atoms with Gasteiger partial charge in [0.1, 0.15) is 5.58 Å². The van der Waals surface area contributed by atoms with E-state index in [-0.39, 0.29) is 18.0 Å². The van der Waals surface area contributed by atoms with Crippen molar-refractivity contribution in [2.45, 2.75) is 6.42 Å². The number of nitrogens with zero attached hydrogens (tertiary/aromatic N) is 4. The Kier molecular flexibility index (Phi) is 5.02. The van der Waals surface area contributed by atoms with E-state index in [1.54, 1.807) is 16.8 Å². The fraction of sp³-hybridized carbons (Fsp3) is 0.250. The van der Waals surface area contributed by atoms with Gasteiger partial charge in [0.05, 0.1) is 11.3 Å². The molecule has 1 fully saturated rings. The summed E-state index contributed by atoms with van der Waals surface area (Å²) in [7, 11) is 0. The smallest absolute Gasteiger partial charge is 0.345 e. The van der Waals surface area contributed by atoms with Gasteiger partial charge in [-0.1, -0.05) is 0 Å². The molecule has 0 atom stereocenters. The van der Waals surface area contributed by atoms with E-state index in [4.69, 9.17) is 4.42 Å². The van der Waals surface area contributed by atoms with Crippen LogP contribution in [0.15, 0.2) is 58.1 Å². The molecule has 0 saturated carbocycles. The molecule has 1 aliphatic heterocycles. The molecule has 0 radical (unpaired) electrons. The molecule has 0 amide bonds. The molecule has 5 rings (SSSR count). The molecule has 1 aliphatic rings. The number of hydrogen-bond acceptors (Lipinski definition) is 6. The van der Waals surface area contributed by atoms with E-state index in [9.17, 15) is 4.79 Å². The van der Waals surface area contributed by atoms with Gasteiger partial charge in [0, 0.05) is 55.4 Å². The zero-order valence-corrected chi connectivity index (χ0v) is 16.0. The fourth-order valence-corrected chi connectivity index (χ4v) is 3.54. The van der Waals surface area contributed by atoms with Crippen LogP contribution in [0, 0.1) is 0 Å². The van der Waals surface area contributed by atoms with Crippen LogP contribution < -0.4 is 15.8 Å². The van der Waals surface area contributed by atoms with Crippen molar-refractivity contribution < 1.29 is 4.42 Å². The van der Waals surface area contributed by atoms with Gasteiger partial charge in [0.2, 0.25) is 5.78 Å². The van der Waals surface area contributed by atoms with Crippen molar-refractivity contribution in [3.63, 3.8) is 0 Å². The summed E-state index contributed by atoms with van der Waals surface area (Å²) in [6, 6.07) is 9.71. The standard InChI is InChI=1S/C20H19N5O2.ClH/c26-19-16(17-13-25-9-2-6-22-20(25)23-17)11-14-3-4-15(12-18(14)27-19)24-8-1-5-21-7-10-24;/h2-4,6,9,11-13,21H,1,5,7-8,10H2;1H. The van der Waals surface area contributed by atoms with Gasteiger partial charge < -0.3 is 14.6 Å². The molecule has 1 N–H and O–H groups in total. The normalized spacial score (nSPS) is 14.8. The third-order valence-electron chi connectivity index (χ3n) is 4.94. The van der Waals surface area contributed by atoms with E-state index >= 15 is 0 Å². The summed E-state index contributed by atoms with van der Waals surface area (Å²) in [5, 5.41) is 4.28. The number of aromatic nitrogens is 3. The van der Waals surface area contributed by atoms with Gasteiger partial charge in [0.15, 0.2) is 0 Å². The highest BCUT2D eigenvalue weighted by molar-refractivity contribution is 5.85. The molecule has 0 spiro atoms. The third-order valence-corrected chi connectivity index (χ3v) is 4.94. The average molecular weight is 398 g/mol. The van der Waals surface area contributed by atoms with Crippen LogP contribution in [0.5, 0.6) is 0 Å². The van der Waals surface area contributed by atoms with Crippen LogP contribution in [0.2, 0.25) is 0 Å². The van der Waals surface area contributed by atoms with E-state index in [0.29, 0.717) is 22.6 Å². The van der Waals surface area contributed by atoms with Gasteiger partial charge in [-0.05, 0) is 37.2 Å². The number of fused-ring (bicyclic) bond motifs is 2. The number of rotatable bonds is 2. The van der Waals surface area contributed by atoms with Crippen LogP contribution in [-0.2, 0) is 0 Å². The minimum atomic E-state index is -0.388. The quantitative estimate of drug-likeness (QED) is 0.524. The first-order chi connectivity index (χ1) is 13.3. The van der Waals surface area contributed by atoms with Gasteiger partial charge in [-0.2, -0.15) is 0 Å². The zero-order valence-electron chi connectivity index (χ0n) is 15.2. The predicted octanol–water partition coefficient (Wildman–Crippen LogP) is 2.72. The van der Waals surface area contributed by atoms with Crippen LogP contribution in [0.1, 0.15) is 6.42 Å². The second-order valence-corrected chi connectivity index (χ2v) is 6.71. The summed E-state index contributed by atoms with van der Waals surface area (Å²) < 4.78 is 7.43. The number of halogens is 1. The minimum absolute atomic E-state index is 0. The molecule has 3 aromatic heterocycles. The first-order valence-corrected chi connectivity index (χ1v) is 9.12. The van der Waals surface area contributed by atoms with E-state index in [0.717, 1.165) is 43.7 Å². The Bertz CT molecular complexity index is 1150. The van der Waals surface area contributed by atoms with Gasteiger partial charge in [-0.25, -0.2) is 14.8 Å². The third kappa shape index (κ3) is 3.34. The lowest BCUT2D eigenvalue weighted by atomic mass is 10.1. The van der Waals surface area contributed by atoms with E-state index in [1.807, 2.05) is 30.5 Å². The summed E-state index contributed by atoms with van der Waals surface area (Å²) >= 11 is 0. The van der Waals surface area contributed by atoms with Crippen LogP contribution >= 0.6 is 12.4 Å². The Morgan fingerprint density at radius 2 is 2.07 bits per heavy atom. The molecule has 0 aliphatic carbocycles. The van der Waals surface area contributed by atoms with Crippen LogP contribution in [0.4, 0.5) is 5.69 Å². The molecule has 7 nitrogen and oxygen atoms in total. The predicted molar refractivity (Wildman–Crippen MR) is 111 cm³/mol. The fourth-order valence-electron chi connectivity index (χ4n) is 3.54. The molecule has 1 saturated heterocycles. The lowest BCUT2D eigenvalue weighted by Crippen LogP contribution is -2.27. The molecule has 144 valence electrons. The summed E-state index contributed by atoms with van der Waals surface area (Å²) in [5.41, 5.74) is 2.30. The van der Waals surface area contributed by atoms with E-state index in [2.05, 4.69) is 26.3 Å². The molecule has 8 heteroatoms. The lowest BCUT2D eigenvalue weighted by Gasteiger charge is -2.22. The monoisotopic (exact) mass is 397 g/mol. The van der Waals surface area contributed by atoms with Gasteiger partial charge >= 0.3 is 5.63 Å². The number of hydrogen-bond donors (Lipinski definition) is 1. The van der Waals surface area contributed by atoms with Crippen molar-refractivity contribution in [3.8, 4) is 11.3 Å². The molecular weight excluding hydrogens is 378 g/mol. The summed E-state index contributed by atoms with van der Waals surface area (Å²) in [5.74, 6) is 0.553. The highest BCUT2D eigenvalue weighted by atomic mass is 35.5. The topological polar surface area (TPSA) is 75.7 Å². The summed E-state index contributed by atoms with van der Waals surface area (Å²) in [6.07, 6.45) is 6.42. The van der Waals surface area contributed by atoms with Crippen LogP contribution in [-0.4, -0.2) is 40.5 Å². The summed E-state index contributed by atoms with van der Waals surface area (Å²) in [4.78, 5) is 23.5. The van der Waals surface area contributed by atoms with Gasteiger partial charge in [0.25, 0.3) is 0 Å².